The molecule has 0 radical (unpaired) electrons. The van der Waals surface area contributed by atoms with Gasteiger partial charge in [0.25, 0.3) is 0 Å². The van der Waals surface area contributed by atoms with Gasteiger partial charge in [-0.15, -0.1) is 0 Å². The Labute approximate surface area is 68.1 Å². The van der Waals surface area contributed by atoms with Gasteiger partial charge < -0.3 is 9.47 Å². The summed E-state index contributed by atoms with van der Waals surface area (Å²) >= 11 is -2.18. The second-order valence-electron chi connectivity index (χ2n) is 1.64. The summed E-state index contributed by atoms with van der Waals surface area (Å²) in [6.45, 7) is 1.41. The van der Waals surface area contributed by atoms with Gasteiger partial charge in [0.05, 0.1) is 26.4 Å². The Kier molecular flexibility index (Phi) is 8.08. The van der Waals surface area contributed by atoms with Crippen LogP contribution in [0.2, 0.25) is 0 Å². The van der Waals surface area contributed by atoms with Crippen LogP contribution in [0, 0.1) is 0 Å². The van der Waals surface area contributed by atoms with Crippen molar-refractivity contribution in [1.29, 1.82) is 0 Å². The molecule has 0 spiro atoms. The smallest absolute Gasteiger partial charge is 0.301 e. The summed E-state index contributed by atoms with van der Waals surface area (Å²) < 4.78 is 31.9. The number of hydrogen-bond acceptors (Lipinski definition) is 4. The molecule has 0 amide bonds. The van der Waals surface area contributed by atoms with Crippen LogP contribution in [0.4, 0.5) is 0 Å². The fourth-order valence-corrected chi connectivity index (χ4v) is 0.619. The molecule has 0 bridgehead atoms. The maximum Gasteiger partial charge on any atom is 0.301 e. The molecule has 0 aromatic rings. The van der Waals surface area contributed by atoms with E-state index in [1.165, 1.54) is 0 Å². The average Bonchev–Trinajstić information content (AvgIpc) is 1.96. The van der Waals surface area contributed by atoms with Gasteiger partial charge >= 0.3 is 11.4 Å². The molecular formula is C5H12O5S. The Hall–Kier alpha value is -0.0100. The number of ether oxygens (including phenoxy) is 2. The maximum atomic E-state index is 9.90. The van der Waals surface area contributed by atoms with Crippen LogP contribution in [-0.2, 0) is 25.0 Å². The Balaban J connectivity index is 2.85. The minimum atomic E-state index is -2.18. The third-order valence-electron chi connectivity index (χ3n) is 0.844. The van der Waals surface area contributed by atoms with Crippen LogP contribution < -0.4 is 0 Å². The van der Waals surface area contributed by atoms with E-state index in [0.29, 0.717) is 19.8 Å². The van der Waals surface area contributed by atoms with Gasteiger partial charge in [-0.2, -0.15) is 4.21 Å². The van der Waals surface area contributed by atoms with Crippen molar-refractivity contribution in [2.75, 3.05) is 33.5 Å². The fourth-order valence-electron chi connectivity index (χ4n) is 0.409. The van der Waals surface area contributed by atoms with E-state index < -0.39 is 11.4 Å². The monoisotopic (exact) mass is 184 g/mol. The van der Waals surface area contributed by atoms with Gasteiger partial charge in [0.1, 0.15) is 0 Å². The van der Waals surface area contributed by atoms with Crippen molar-refractivity contribution < 1.29 is 22.4 Å². The third-order valence-corrected chi connectivity index (χ3v) is 1.21. The van der Waals surface area contributed by atoms with Gasteiger partial charge in [0, 0.05) is 7.11 Å². The first-order valence-corrected chi connectivity index (χ1v) is 4.11. The van der Waals surface area contributed by atoms with Gasteiger partial charge in [-0.3, -0.25) is 8.74 Å². The largest absolute Gasteiger partial charge is 0.382 e. The van der Waals surface area contributed by atoms with Crippen LogP contribution in [0.3, 0.4) is 0 Å². The second-order valence-corrected chi connectivity index (χ2v) is 2.31. The van der Waals surface area contributed by atoms with Crippen molar-refractivity contribution in [1.82, 2.24) is 0 Å². The van der Waals surface area contributed by atoms with Crippen LogP contribution >= 0.6 is 0 Å². The molecule has 0 heterocycles. The lowest BCUT2D eigenvalue weighted by Gasteiger charge is -2.01. The number of hydrogen-bond donors (Lipinski definition) is 1. The van der Waals surface area contributed by atoms with Crippen LogP contribution in [0.25, 0.3) is 0 Å². The van der Waals surface area contributed by atoms with Gasteiger partial charge in [0.2, 0.25) is 0 Å². The van der Waals surface area contributed by atoms with Crippen molar-refractivity contribution >= 4 is 11.4 Å². The number of rotatable bonds is 7. The van der Waals surface area contributed by atoms with Gasteiger partial charge in [-0.1, -0.05) is 0 Å². The van der Waals surface area contributed by atoms with E-state index in [4.69, 9.17) is 14.0 Å². The molecule has 1 atom stereocenters. The third kappa shape index (κ3) is 9.99. The zero-order chi connectivity index (χ0) is 8.53. The van der Waals surface area contributed by atoms with Crippen LogP contribution in [0.15, 0.2) is 0 Å². The molecule has 0 saturated carbocycles. The van der Waals surface area contributed by atoms with Crippen LogP contribution in [0.1, 0.15) is 0 Å². The molecule has 0 fully saturated rings. The van der Waals surface area contributed by atoms with E-state index in [0.717, 1.165) is 0 Å². The molecule has 0 aliphatic rings. The summed E-state index contributed by atoms with van der Waals surface area (Å²) in [6, 6.07) is 0. The molecular weight excluding hydrogens is 172 g/mol. The summed E-state index contributed by atoms with van der Waals surface area (Å²) in [5, 5.41) is 0. The molecule has 0 aromatic carbocycles. The summed E-state index contributed by atoms with van der Waals surface area (Å²) in [7, 11) is 1.57. The molecule has 68 valence electrons. The molecule has 0 rings (SSSR count). The Bertz CT molecular complexity index is 107. The highest BCUT2D eigenvalue weighted by molar-refractivity contribution is 7.74. The zero-order valence-corrected chi connectivity index (χ0v) is 7.13. The quantitative estimate of drug-likeness (QED) is 0.438. The molecule has 1 unspecified atom stereocenters. The summed E-state index contributed by atoms with van der Waals surface area (Å²) in [5.74, 6) is 0. The highest BCUT2D eigenvalue weighted by atomic mass is 32.2. The Morgan fingerprint density at radius 3 is 2.45 bits per heavy atom. The topological polar surface area (TPSA) is 65.0 Å². The lowest BCUT2D eigenvalue weighted by Crippen LogP contribution is -2.08. The van der Waals surface area contributed by atoms with Gasteiger partial charge in [0.15, 0.2) is 0 Å². The standard InChI is InChI=1S/C5H12O5S/c1-8-2-3-9-4-5-10-11(6)7/h2-5H2,1H3,(H,6,7). The predicted octanol–water partition coefficient (Wildman–Crippen LogP) is -0.197. The zero-order valence-electron chi connectivity index (χ0n) is 6.32. The molecule has 1 N–H and O–H groups in total. The minimum absolute atomic E-state index is 0.118. The van der Waals surface area contributed by atoms with Crippen LogP contribution in [-0.4, -0.2) is 42.3 Å². The summed E-state index contributed by atoms with van der Waals surface area (Å²) in [6.07, 6.45) is 0. The van der Waals surface area contributed by atoms with E-state index in [1.54, 1.807) is 7.11 Å². The van der Waals surface area contributed by atoms with E-state index in [2.05, 4.69) is 4.18 Å². The van der Waals surface area contributed by atoms with E-state index in [1.807, 2.05) is 0 Å². The highest BCUT2D eigenvalue weighted by Crippen LogP contribution is 1.81. The minimum Gasteiger partial charge on any atom is -0.382 e. The molecule has 6 heteroatoms. The summed E-state index contributed by atoms with van der Waals surface area (Å²) in [5.41, 5.74) is 0. The molecule has 0 aromatic heterocycles. The average molecular weight is 184 g/mol. The molecule has 0 aliphatic heterocycles. The predicted molar refractivity (Wildman–Crippen MR) is 39.4 cm³/mol. The SMILES string of the molecule is COCCOCCOS(=O)O. The van der Waals surface area contributed by atoms with Gasteiger partial charge in [-0.25, -0.2) is 0 Å². The number of methoxy groups -OCH3 is 1. The first kappa shape index (κ1) is 11.0. The lowest BCUT2D eigenvalue weighted by molar-refractivity contribution is 0.0551. The van der Waals surface area contributed by atoms with E-state index in [9.17, 15) is 4.21 Å². The van der Waals surface area contributed by atoms with Crippen molar-refractivity contribution in [3.8, 4) is 0 Å². The Morgan fingerprint density at radius 1 is 1.27 bits per heavy atom. The fraction of sp³-hybridized carbons (Fsp3) is 1.00. The van der Waals surface area contributed by atoms with E-state index in [-0.39, 0.29) is 6.61 Å². The van der Waals surface area contributed by atoms with Gasteiger partial charge in [-0.05, 0) is 0 Å². The maximum absolute atomic E-state index is 9.90. The molecule has 11 heavy (non-hydrogen) atoms. The van der Waals surface area contributed by atoms with Crippen molar-refractivity contribution in [2.45, 2.75) is 0 Å². The van der Waals surface area contributed by atoms with Crippen LogP contribution in [0.5, 0.6) is 0 Å². The Morgan fingerprint density at radius 2 is 1.91 bits per heavy atom. The normalized spacial score (nSPS) is 13.3. The van der Waals surface area contributed by atoms with Crippen molar-refractivity contribution in [3.63, 3.8) is 0 Å². The first-order chi connectivity index (χ1) is 5.27. The van der Waals surface area contributed by atoms with E-state index >= 15 is 0 Å². The molecule has 0 saturated heterocycles. The summed E-state index contributed by atoms with van der Waals surface area (Å²) in [4.78, 5) is 0. The highest BCUT2D eigenvalue weighted by Gasteiger charge is 1.92. The molecule has 5 nitrogen and oxygen atoms in total. The lowest BCUT2D eigenvalue weighted by atomic mass is 10.7. The second kappa shape index (κ2) is 8.09. The first-order valence-electron chi connectivity index (χ1n) is 3.08. The van der Waals surface area contributed by atoms with Crippen molar-refractivity contribution in [3.05, 3.63) is 0 Å². The van der Waals surface area contributed by atoms with Crippen molar-refractivity contribution in [2.24, 2.45) is 0 Å². The molecule has 0 aliphatic carbocycles.